The Kier molecular flexibility index (Phi) is 4.08. The van der Waals surface area contributed by atoms with Crippen molar-refractivity contribution in [2.75, 3.05) is 13.2 Å². The van der Waals surface area contributed by atoms with Gasteiger partial charge < -0.3 is 14.5 Å². The standard InChI is InChI=1S/C17H12N4O2/c1-3-9-22-12-5-6-13(14(11-12)23-10-4-2)15-20-16-17(21-15)19-8-7-18-16/h1-2,5-8,11H,9-10H2,(H,18,19,20,21). The highest BCUT2D eigenvalue weighted by Crippen LogP contribution is 2.32. The minimum absolute atomic E-state index is 0.127. The van der Waals surface area contributed by atoms with E-state index in [1.165, 1.54) is 0 Å². The van der Waals surface area contributed by atoms with E-state index in [1.807, 2.05) is 6.07 Å². The first-order valence-electron chi connectivity index (χ1n) is 6.75. The Balaban J connectivity index is 2.02. The van der Waals surface area contributed by atoms with Crippen molar-refractivity contribution in [1.29, 1.82) is 0 Å². The van der Waals surface area contributed by atoms with Crippen LogP contribution in [0.25, 0.3) is 22.7 Å². The van der Waals surface area contributed by atoms with Gasteiger partial charge in [0, 0.05) is 18.5 Å². The summed E-state index contributed by atoms with van der Waals surface area (Å²) in [7, 11) is 0. The molecule has 0 aliphatic rings. The van der Waals surface area contributed by atoms with Crippen LogP contribution in [0.1, 0.15) is 0 Å². The smallest absolute Gasteiger partial charge is 0.197 e. The minimum Gasteiger partial charge on any atom is -0.481 e. The molecule has 1 aromatic carbocycles. The molecule has 0 amide bonds. The van der Waals surface area contributed by atoms with Crippen molar-refractivity contribution in [2.45, 2.75) is 0 Å². The zero-order valence-corrected chi connectivity index (χ0v) is 12.1. The highest BCUT2D eigenvalue weighted by Gasteiger charge is 2.13. The highest BCUT2D eigenvalue weighted by atomic mass is 16.5. The largest absolute Gasteiger partial charge is 0.481 e. The van der Waals surface area contributed by atoms with E-state index < -0.39 is 0 Å². The minimum atomic E-state index is 0.127. The van der Waals surface area contributed by atoms with Gasteiger partial charge in [0.1, 0.15) is 30.5 Å². The predicted molar refractivity (Wildman–Crippen MR) is 85.8 cm³/mol. The van der Waals surface area contributed by atoms with Gasteiger partial charge in [-0.15, -0.1) is 12.8 Å². The van der Waals surface area contributed by atoms with Crippen molar-refractivity contribution < 1.29 is 9.47 Å². The van der Waals surface area contributed by atoms with E-state index in [0.29, 0.717) is 28.6 Å². The average Bonchev–Trinajstić information content (AvgIpc) is 3.02. The third kappa shape index (κ3) is 3.07. The van der Waals surface area contributed by atoms with Crippen LogP contribution in [0, 0.1) is 24.7 Å². The first-order chi connectivity index (χ1) is 11.3. The second-order valence-corrected chi connectivity index (χ2v) is 4.46. The molecule has 2 aromatic heterocycles. The van der Waals surface area contributed by atoms with Crippen LogP contribution in [-0.2, 0) is 0 Å². The van der Waals surface area contributed by atoms with Crippen LogP contribution in [0.4, 0.5) is 0 Å². The second kappa shape index (κ2) is 6.50. The molecule has 0 spiro atoms. The number of aromatic amines is 1. The van der Waals surface area contributed by atoms with Crippen LogP contribution in [0.5, 0.6) is 11.5 Å². The number of hydrogen-bond donors (Lipinski definition) is 1. The number of fused-ring (bicyclic) bond motifs is 1. The number of terminal acetylenes is 2. The molecule has 23 heavy (non-hydrogen) atoms. The average molecular weight is 304 g/mol. The lowest BCUT2D eigenvalue weighted by atomic mass is 10.2. The summed E-state index contributed by atoms with van der Waals surface area (Å²) in [5.74, 6) is 6.56. The second-order valence-electron chi connectivity index (χ2n) is 4.46. The van der Waals surface area contributed by atoms with Gasteiger partial charge in [-0.3, -0.25) is 0 Å². The van der Waals surface area contributed by atoms with E-state index in [1.54, 1.807) is 24.5 Å². The molecule has 6 nitrogen and oxygen atoms in total. The van der Waals surface area contributed by atoms with E-state index >= 15 is 0 Å². The molecule has 0 aliphatic heterocycles. The fraction of sp³-hybridized carbons (Fsp3) is 0.118. The lowest BCUT2D eigenvalue weighted by molar-refractivity contribution is 0.352. The molecular formula is C17H12N4O2. The molecule has 6 heteroatoms. The van der Waals surface area contributed by atoms with Crippen molar-refractivity contribution >= 4 is 11.3 Å². The fourth-order valence-corrected chi connectivity index (χ4v) is 2.03. The Morgan fingerprint density at radius 1 is 1.04 bits per heavy atom. The van der Waals surface area contributed by atoms with E-state index in [9.17, 15) is 0 Å². The molecule has 3 rings (SSSR count). The lowest BCUT2D eigenvalue weighted by Crippen LogP contribution is -1.99. The molecule has 0 saturated carbocycles. The normalized spacial score (nSPS) is 10.0. The molecule has 1 N–H and O–H groups in total. The van der Waals surface area contributed by atoms with Gasteiger partial charge in [-0.2, -0.15) is 0 Å². The lowest BCUT2D eigenvalue weighted by Gasteiger charge is -2.10. The van der Waals surface area contributed by atoms with E-state index in [-0.39, 0.29) is 13.2 Å². The molecule has 0 unspecified atom stereocenters. The van der Waals surface area contributed by atoms with Gasteiger partial charge in [0.05, 0.1) is 5.56 Å². The number of rotatable bonds is 5. The zero-order valence-electron chi connectivity index (χ0n) is 12.1. The predicted octanol–water partition coefficient (Wildman–Crippen LogP) is 2.04. The van der Waals surface area contributed by atoms with Gasteiger partial charge in [-0.25, -0.2) is 15.0 Å². The summed E-state index contributed by atoms with van der Waals surface area (Å²) in [5, 5.41) is 0. The number of imidazole rings is 1. The third-order valence-corrected chi connectivity index (χ3v) is 2.97. The summed E-state index contributed by atoms with van der Waals surface area (Å²) in [6.45, 7) is 0.300. The van der Waals surface area contributed by atoms with E-state index in [4.69, 9.17) is 22.3 Å². The maximum absolute atomic E-state index is 5.59. The van der Waals surface area contributed by atoms with Gasteiger partial charge in [-0.05, 0) is 12.1 Å². The molecule has 2 heterocycles. The number of benzene rings is 1. The molecular weight excluding hydrogens is 292 g/mol. The Hall–Kier alpha value is -3.51. The topological polar surface area (TPSA) is 72.9 Å². The molecule has 0 atom stereocenters. The van der Waals surface area contributed by atoms with Crippen molar-refractivity contribution in [3.8, 4) is 47.6 Å². The summed E-state index contributed by atoms with van der Waals surface area (Å²) in [5.41, 5.74) is 1.85. The van der Waals surface area contributed by atoms with Gasteiger partial charge in [0.2, 0.25) is 0 Å². The Bertz CT molecular complexity index is 885. The Morgan fingerprint density at radius 2 is 1.83 bits per heavy atom. The van der Waals surface area contributed by atoms with Gasteiger partial charge >= 0.3 is 0 Å². The third-order valence-electron chi connectivity index (χ3n) is 2.97. The summed E-state index contributed by atoms with van der Waals surface area (Å²) in [6, 6.07) is 5.32. The summed E-state index contributed by atoms with van der Waals surface area (Å²) < 4.78 is 11.0. The molecule has 0 saturated heterocycles. The van der Waals surface area contributed by atoms with Crippen molar-refractivity contribution in [3.05, 3.63) is 30.6 Å². The number of nitrogens with one attached hydrogen (secondary N) is 1. The van der Waals surface area contributed by atoms with Crippen LogP contribution in [0.2, 0.25) is 0 Å². The van der Waals surface area contributed by atoms with Crippen molar-refractivity contribution in [2.24, 2.45) is 0 Å². The molecule has 112 valence electrons. The van der Waals surface area contributed by atoms with Gasteiger partial charge in [0.25, 0.3) is 0 Å². The highest BCUT2D eigenvalue weighted by molar-refractivity contribution is 5.75. The molecule has 0 radical (unpaired) electrons. The maximum atomic E-state index is 5.59. The number of nitrogens with zero attached hydrogens (tertiary/aromatic N) is 3. The number of hydrogen-bond acceptors (Lipinski definition) is 5. The molecule has 0 aliphatic carbocycles. The van der Waals surface area contributed by atoms with Crippen LogP contribution in [-0.4, -0.2) is 33.1 Å². The van der Waals surface area contributed by atoms with Crippen molar-refractivity contribution in [1.82, 2.24) is 19.9 Å². The SMILES string of the molecule is C#CCOc1ccc(-c2nc3nccnc3[nH]2)c(OCC#C)c1. The van der Waals surface area contributed by atoms with Crippen LogP contribution in [0.3, 0.4) is 0 Å². The van der Waals surface area contributed by atoms with Gasteiger partial charge in [-0.1, -0.05) is 11.8 Å². The molecule has 0 fully saturated rings. The Labute approximate surface area is 132 Å². The summed E-state index contributed by atoms with van der Waals surface area (Å²) in [4.78, 5) is 15.8. The van der Waals surface area contributed by atoms with E-state index in [2.05, 4.69) is 31.8 Å². The van der Waals surface area contributed by atoms with Crippen LogP contribution >= 0.6 is 0 Å². The fourth-order valence-electron chi connectivity index (χ4n) is 2.03. The number of ether oxygens (including phenoxy) is 2. The summed E-state index contributed by atoms with van der Waals surface area (Å²) >= 11 is 0. The monoisotopic (exact) mass is 304 g/mol. The Morgan fingerprint density at radius 3 is 2.61 bits per heavy atom. The maximum Gasteiger partial charge on any atom is 0.197 e. The first kappa shape index (κ1) is 14.4. The molecule has 0 bridgehead atoms. The zero-order chi connectivity index (χ0) is 16.1. The van der Waals surface area contributed by atoms with Crippen LogP contribution in [0.15, 0.2) is 30.6 Å². The van der Waals surface area contributed by atoms with Gasteiger partial charge in [0.15, 0.2) is 11.3 Å². The number of H-pyrrole nitrogens is 1. The van der Waals surface area contributed by atoms with Crippen LogP contribution < -0.4 is 9.47 Å². The summed E-state index contributed by atoms with van der Waals surface area (Å²) in [6.07, 6.45) is 13.6. The number of aromatic nitrogens is 4. The van der Waals surface area contributed by atoms with Crippen molar-refractivity contribution in [3.63, 3.8) is 0 Å². The quantitative estimate of drug-likeness (QED) is 0.730. The van der Waals surface area contributed by atoms with E-state index in [0.717, 1.165) is 5.56 Å². The molecule has 3 aromatic rings. The first-order valence-corrected chi connectivity index (χ1v) is 6.75.